The van der Waals surface area contributed by atoms with Gasteiger partial charge in [-0.15, -0.1) is 11.3 Å². The molecule has 1 atom stereocenters. The number of thiophene rings is 1. The Morgan fingerprint density at radius 1 is 0.491 bits per heavy atom. The number of nitrogens with zero attached hydrogens (tertiary/aromatic N) is 2. The van der Waals surface area contributed by atoms with Crippen LogP contribution in [0.5, 0.6) is 0 Å². The van der Waals surface area contributed by atoms with E-state index in [0.29, 0.717) is 0 Å². The van der Waals surface area contributed by atoms with Crippen LogP contribution in [0.15, 0.2) is 182 Å². The van der Waals surface area contributed by atoms with Crippen LogP contribution in [-0.4, -0.2) is 9.13 Å². The minimum Gasteiger partial charge on any atom is -0.310 e. The van der Waals surface area contributed by atoms with Crippen LogP contribution in [0.3, 0.4) is 0 Å². The summed E-state index contributed by atoms with van der Waals surface area (Å²) in [6, 6.07) is 64.9. The average molecular weight is 719 g/mol. The number of para-hydroxylation sites is 1. The third-order valence-electron chi connectivity index (χ3n) is 11.9. The monoisotopic (exact) mass is 718 g/mol. The third-order valence-corrected chi connectivity index (χ3v) is 13.1. The van der Waals surface area contributed by atoms with E-state index in [4.69, 9.17) is 0 Å². The van der Waals surface area contributed by atoms with Crippen molar-refractivity contribution in [1.82, 2.24) is 9.13 Å². The van der Waals surface area contributed by atoms with E-state index in [9.17, 15) is 0 Å². The number of rotatable bonds is 4. The number of hydrogen-bond donors (Lipinski definition) is 0. The quantitative estimate of drug-likeness (QED) is 0.171. The van der Waals surface area contributed by atoms with Gasteiger partial charge >= 0.3 is 0 Å². The van der Waals surface area contributed by atoms with Gasteiger partial charge in [-0.3, -0.25) is 0 Å². The lowest BCUT2D eigenvalue weighted by Gasteiger charge is -2.20. The van der Waals surface area contributed by atoms with Gasteiger partial charge in [0, 0.05) is 59.0 Å². The minimum absolute atomic E-state index is 0.254. The van der Waals surface area contributed by atoms with E-state index >= 15 is 0 Å². The van der Waals surface area contributed by atoms with E-state index in [1.54, 1.807) is 0 Å². The Labute approximate surface area is 322 Å². The van der Waals surface area contributed by atoms with Gasteiger partial charge < -0.3 is 9.13 Å². The summed E-state index contributed by atoms with van der Waals surface area (Å²) in [5.41, 5.74) is 12.7. The zero-order chi connectivity index (χ0) is 36.0. The maximum atomic E-state index is 2.51. The Morgan fingerprint density at radius 2 is 1.22 bits per heavy atom. The fourth-order valence-electron chi connectivity index (χ4n) is 9.37. The van der Waals surface area contributed by atoms with E-state index in [1.807, 2.05) is 11.3 Å². The summed E-state index contributed by atoms with van der Waals surface area (Å²) in [6.45, 7) is 0. The molecule has 0 spiro atoms. The summed E-state index contributed by atoms with van der Waals surface area (Å²) in [4.78, 5) is 0. The molecular weight excluding hydrogens is 685 g/mol. The smallest absolute Gasteiger partial charge is 0.0556 e. The zero-order valence-corrected chi connectivity index (χ0v) is 30.8. The van der Waals surface area contributed by atoms with Gasteiger partial charge in [-0.05, 0) is 88.7 Å². The number of aromatic nitrogens is 2. The molecule has 0 bridgehead atoms. The van der Waals surface area contributed by atoms with Crippen LogP contribution >= 0.6 is 11.3 Å². The molecule has 0 aliphatic heterocycles. The summed E-state index contributed by atoms with van der Waals surface area (Å²) < 4.78 is 7.66. The molecule has 0 amide bonds. The van der Waals surface area contributed by atoms with Gasteiger partial charge in [-0.2, -0.15) is 0 Å². The van der Waals surface area contributed by atoms with E-state index in [-0.39, 0.29) is 5.92 Å². The highest BCUT2D eigenvalue weighted by Crippen LogP contribution is 2.46. The predicted molar refractivity (Wildman–Crippen MR) is 235 cm³/mol. The lowest BCUT2D eigenvalue weighted by Crippen LogP contribution is -2.07. The summed E-state index contributed by atoms with van der Waals surface area (Å²) in [6.07, 6.45) is 5.77. The second-order valence-electron chi connectivity index (χ2n) is 14.8. The van der Waals surface area contributed by atoms with Crippen molar-refractivity contribution in [2.24, 2.45) is 0 Å². The SMILES string of the molecule is C1=CC(c2ccc3c(c2)c2c4sc5ccccc5c4ccc2n3-c2cccc3ccccc23)Cc2c1n(-c1cccc(-c3ccccc3)c1)c1ccccc21. The Morgan fingerprint density at radius 3 is 2.15 bits per heavy atom. The Kier molecular flexibility index (Phi) is 6.66. The molecule has 0 radical (unpaired) electrons. The first-order valence-corrected chi connectivity index (χ1v) is 19.9. The molecule has 1 aliphatic carbocycles. The Balaban J connectivity index is 1.05. The fraction of sp³-hybridized carbons (Fsp3) is 0.0385. The average Bonchev–Trinajstić information content (AvgIpc) is 3.91. The maximum absolute atomic E-state index is 2.51. The predicted octanol–water partition coefficient (Wildman–Crippen LogP) is 14.3. The van der Waals surface area contributed by atoms with Crippen molar-refractivity contribution in [3.63, 3.8) is 0 Å². The van der Waals surface area contributed by atoms with Crippen LogP contribution < -0.4 is 0 Å². The molecule has 1 unspecified atom stereocenters. The molecule has 0 saturated heterocycles. The number of benzene rings is 8. The van der Waals surface area contributed by atoms with Crippen molar-refractivity contribution in [1.29, 1.82) is 0 Å². The van der Waals surface area contributed by atoms with Crippen LogP contribution in [0.25, 0.3) is 92.2 Å². The van der Waals surface area contributed by atoms with Crippen LogP contribution in [0.2, 0.25) is 0 Å². The molecule has 258 valence electrons. The summed E-state index contributed by atoms with van der Waals surface area (Å²) in [5.74, 6) is 0.254. The molecule has 8 aromatic carbocycles. The molecule has 0 fully saturated rings. The van der Waals surface area contributed by atoms with Gasteiger partial charge in [0.25, 0.3) is 0 Å². The Bertz CT molecular complexity index is 3350. The summed E-state index contributed by atoms with van der Waals surface area (Å²) in [5, 5.41) is 9.18. The van der Waals surface area contributed by atoms with E-state index in [1.165, 1.54) is 103 Å². The lowest BCUT2D eigenvalue weighted by molar-refractivity contribution is 0.826. The zero-order valence-electron chi connectivity index (χ0n) is 30.0. The highest BCUT2D eigenvalue weighted by molar-refractivity contribution is 7.26. The van der Waals surface area contributed by atoms with Gasteiger partial charge in [0.1, 0.15) is 0 Å². The summed E-state index contributed by atoms with van der Waals surface area (Å²) >= 11 is 1.92. The topological polar surface area (TPSA) is 9.86 Å². The Hall–Kier alpha value is -6.68. The normalized spacial score (nSPS) is 14.2. The second kappa shape index (κ2) is 11.9. The molecule has 3 aromatic heterocycles. The standard InChI is InChI=1S/C52H34N2S/c1-2-12-33(13-3-1)35-16-10-17-38(30-35)53-46-21-8-6-19-40(46)43-31-36(24-27-47(43)53)37-25-28-48-44(32-37)51-49(29-26-42-41-20-7-9-23-50(41)55-52(42)51)54(48)45-22-11-15-34-14-4-5-18-39(34)45/h1-30,32,36H,31H2. The van der Waals surface area contributed by atoms with E-state index < -0.39 is 0 Å². The summed E-state index contributed by atoms with van der Waals surface area (Å²) in [7, 11) is 0. The highest BCUT2D eigenvalue weighted by Gasteiger charge is 2.25. The molecule has 2 nitrogen and oxygen atoms in total. The van der Waals surface area contributed by atoms with Gasteiger partial charge in [0.05, 0.1) is 22.2 Å². The van der Waals surface area contributed by atoms with Crippen molar-refractivity contribution >= 4 is 81.1 Å². The van der Waals surface area contributed by atoms with Crippen molar-refractivity contribution < 1.29 is 0 Å². The molecule has 3 heterocycles. The maximum Gasteiger partial charge on any atom is 0.0556 e. The number of hydrogen-bond acceptors (Lipinski definition) is 1. The third kappa shape index (κ3) is 4.60. The van der Waals surface area contributed by atoms with Crippen LogP contribution in [0.4, 0.5) is 0 Å². The van der Waals surface area contributed by atoms with Gasteiger partial charge in [0.2, 0.25) is 0 Å². The van der Waals surface area contributed by atoms with Gasteiger partial charge in [-0.25, -0.2) is 0 Å². The molecule has 0 saturated carbocycles. The molecule has 3 heteroatoms. The lowest BCUT2D eigenvalue weighted by atomic mass is 9.86. The molecule has 0 N–H and O–H groups in total. The first kappa shape index (κ1) is 30.7. The minimum atomic E-state index is 0.254. The van der Waals surface area contributed by atoms with Crippen molar-refractivity contribution in [3.05, 3.63) is 199 Å². The molecule has 11 aromatic rings. The fourth-order valence-corrected chi connectivity index (χ4v) is 10.6. The largest absolute Gasteiger partial charge is 0.310 e. The van der Waals surface area contributed by atoms with E-state index in [2.05, 4.69) is 197 Å². The van der Waals surface area contributed by atoms with Crippen LogP contribution in [0, 0.1) is 0 Å². The first-order chi connectivity index (χ1) is 27.3. The second-order valence-corrected chi connectivity index (χ2v) is 15.9. The van der Waals surface area contributed by atoms with Crippen LogP contribution in [-0.2, 0) is 6.42 Å². The van der Waals surface area contributed by atoms with Crippen molar-refractivity contribution in [2.45, 2.75) is 12.3 Å². The van der Waals surface area contributed by atoms with Crippen LogP contribution in [0.1, 0.15) is 22.7 Å². The molecule has 1 aliphatic rings. The van der Waals surface area contributed by atoms with Gasteiger partial charge in [0.15, 0.2) is 0 Å². The van der Waals surface area contributed by atoms with E-state index in [0.717, 1.165) is 6.42 Å². The molecular formula is C52H34N2S. The van der Waals surface area contributed by atoms with Crippen molar-refractivity contribution in [3.8, 4) is 22.5 Å². The first-order valence-electron chi connectivity index (χ1n) is 19.1. The number of fused-ring (bicyclic) bond motifs is 11. The van der Waals surface area contributed by atoms with Crippen molar-refractivity contribution in [2.75, 3.05) is 0 Å². The molecule has 12 rings (SSSR count). The number of allylic oxidation sites excluding steroid dienone is 1. The molecule has 55 heavy (non-hydrogen) atoms. The highest BCUT2D eigenvalue weighted by atomic mass is 32.1. The van der Waals surface area contributed by atoms with Gasteiger partial charge in [-0.1, -0.05) is 133 Å².